The van der Waals surface area contributed by atoms with Gasteiger partial charge in [-0.1, -0.05) is 30.3 Å². The van der Waals surface area contributed by atoms with Crippen LogP contribution in [0.3, 0.4) is 0 Å². The van der Waals surface area contributed by atoms with E-state index in [0.29, 0.717) is 18.9 Å². The maximum atomic E-state index is 12.2. The van der Waals surface area contributed by atoms with Crippen LogP contribution in [0.2, 0.25) is 0 Å². The van der Waals surface area contributed by atoms with Crippen molar-refractivity contribution >= 4 is 11.7 Å². The molecule has 126 valence electrons. The molecule has 0 fully saturated rings. The van der Waals surface area contributed by atoms with Crippen molar-refractivity contribution in [1.82, 2.24) is 14.9 Å². The van der Waals surface area contributed by atoms with E-state index in [2.05, 4.69) is 0 Å². The molecule has 1 aliphatic heterocycles. The minimum Gasteiger partial charge on any atom is -0.362 e. The van der Waals surface area contributed by atoms with Crippen LogP contribution in [0.1, 0.15) is 18.2 Å². The molecule has 2 aromatic rings. The fraction of sp³-hybridized carbons (Fsp3) is 0.389. The second-order valence-electron chi connectivity index (χ2n) is 6.35. The predicted molar refractivity (Wildman–Crippen MR) is 94.6 cm³/mol. The Morgan fingerprint density at radius 1 is 1.25 bits per heavy atom. The van der Waals surface area contributed by atoms with Crippen LogP contribution in [0.15, 0.2) is 30.3 Å². The first kappa shape index (κ1) is 16.4. The van der Waals surface area contributed by atoms with Gasteiger partial charge in [-0.15, -0.1) is 0 Å². The first-order valence-electron chi connectivity index (χ1n) is 8.14. The number of nitrogens with two attached hydrogens (primary N) is 1. The molecule has 1 aliphatic rings. The molecule has 6 nitrogen and oxygen atoms in total. The molecule has 1 atom stereocenters. The summed E-state index contributed by atoms with van der Waals surface area (Å²) in [4.78, 5) is 25.5. The number of anilines is 1. The van der Waals surface area contributed by atoms with E-state index in [1.165, 1.54) is 0 Å². The highest BCUT2D eigenvalue weighted by molar-refractivity contribution is 5.81. The first-order chi connectivity index (χ1) is 11.5. The maximum Gasteiger partial charge on any atom is 0.239 e. The summed E-state index contributed by atoms with van der Waals surface area (Å²) in [6.45, 7) is 2.86. The Kier molecular flexibility index (Phi) is 4.49. The van der Waals surface area contributed by atoms with Crippen molar-refractivity contribution in [3.05, 3.63) is 41.6 Å². The SMILES string of the molecule is C[C@H](N)C(=O)N1CCc2c(nc(-c3ccccc3)nc2N(C)C)C1. The van der Waals surface area contributed by atoms with E-state index in [1.807, 2.05) is 49.3 Å². The lowest BCUT2D eigenvalue weighted by molar-refractivity contribution is -0.133. The molecule has 1 aromatic carbocycles. The molecule has 2 heterocycles. The number of benzene rings is 1. The zero-order valence-electron chi connectivity index (χ0n) is 14.4. The molecular formula is C18H23N5O. The summed E-state index contributed by atoms with van der Waals surface area (Å²) in [5.74, 6) is 1.58. The van der Waals surface area contributed by atoms with E-state index in [4.69, 9.17) is 15.7 Å². The Balaban J connectivity index is 2.04. The van der Waals surface area contributed by atoms with E-state index < -0.39 is 6.04 Å². The van der Waals surface area contributed by atoms with Crippen LogP contribution in [-0.4, -0.2) is 47.5 Å². The molecule has 24 heavy (non-hydrogen) atoms. The van der Waals surface area contributed by atoms with Gasteiger partial charge in [0.05, 0.1) is 18.3 Å². The standard InChI is InChI=1S/C18H23N5O/c1-12(19)18(24)23-10-9-14-15(11-23)20-16(21-17(14)22(2)3)13-7-5-4-6-8-13/h4-8,12H,9-11,19H2,1-3H3/t12-/m0/s1. The number of hydrogen-bond acceptors (Lipinski definition) is 5. The van der Waals surface area contributed by atoms with Crippen molar-refractivity contribution in [1.29, 1.82) is 0 Å². The molecule has 0 radical (unpaired) electrons. The average Bonchev–Trinajstić information content (AvgIpc) is 2.60. The second-order valence-corrected chi connectivity index (χ2v) is 6.35. The lowest BCUT2D eigenvalue weighted by Crippen LogP contribution is -2.45. The highest BCUT2D eigenvalue weighted by Gasteiger charge is 2.27. The fourth-order valence-corrected chi connectivity index (χ4v) is 2.97. The molecule has 1 aromatic heterocycles. The number of hydrogen-bond donors (Lipinski definition) is 1. The monoisotopic (exact) mass is 325 g/mol. The molecule has 0 aliphatic carbocycles. The summed E-state index contributed by atoms with van der Waals surface area (Å²) >= 11 is 0. The summed E-state index contributed by atoms with van der Waals surface area (Å²) in [5.41, 5.74) is 8.75. The summed E-state index contributed by atoms with van der Waals surface area (Å²) in [7, 11) is 3.97. The van der Waals surface area contributed by atoms with Gasteiger partial charge in [-0.05, 0) is 13.3 Å². The quantitative estimate of drug-likeness (QED) is 0.924. The normalized spacial score (nSPS) is 14.9. The van der Waals surface area contributed by atoms with Crippen molar-refractivity contribution in [2.24, 2.45) is 5.73 Å². The molecular weight excluding hydrogens is 302 g/mol. The van der Waals surface area contributed by atoms with Crippen LogP contribution >= 0.6 is 0 Å². The fourth-order valence-electron chi connectivity index (χ4n) is 2.97. The van der Waals surface area contributed by atoms with Gasteiger partial charge in [-0.3, -0.25) is 4.79 Å². The highest BCUT2D eigenvalue weighted by atomic mass is 16.2. The van der Waals surface area contributed by atoms with Gasteiger partial charge in [0, 0.05) is 31.8 Å². The van der Waals surface area contributed by atoms with Gasteiger partial charge in [0.15, 0.2) is 5.82 Å². The lowest BCUT2D eigenvalue weighted by Gasteiger charge is -2.31. The number of carbonyl (C=O) groups is 1. The molecule has 3 rings (SSSR count). The Morgan fingerprint density at radius 3 is 2.58 bits per heavy atom. The zero-order valence-corrected chi connectivity index (χ0v) is 14.4. The first-order valence-corrected chi connectivity index (χ1v) is 8.14. The van der Waals surface area contributed by atoms with Crippen molar-refractivity contribution < 1.29 is 4.79 Å². The van der Waals surface area contributed by atoms with Crippen LogP contribution in [0, 0.1) is 0 Å². The van der Waals surface area contributed by atoms with Gasteiger partial charge < -0.3 is 15.5 Å². The third kappa shape index (κ3) is 3.10. The Morgan fingerprint density at radius 2 is 1.96 bits per heavy atom. The maximum absolute atomic E-state index is 12.2. The summed E-state index contributed by atoms with van der Waals surface area (Å²) in [6.07, 6.45) is 0.746. The largest absolute Gasteiger partial charge is 0.362 e. The van der Waals surface area contributed by atoms with Gasteiger partial charge in [0.25, 0.3) is 0 Å². The van der Waals surface area contributed by atoms with E-state index in [9.17, 15) is 4.79 Å². The molecule has 6 heteroatoms. The third-order valence-electron chi connectivity index (χ3n) is 4.20. The van der Waals surface area contributed by atoms with Gasteiger partial charge >= 0.3 is 0 Å². The van der Waals surface area contributed by atoms with E-state index >= 15 is 0 Å². The summed E-state index contributed by atoms with van der Waals surface area (Å²) in [6, 6.07) is 9.41. The molecule has 0 bridgehead atoms. The molecule has 0 saturated heterocycles. The van der Waals surface area contributed by atoms with Gasteiger partial charge in [-0.25, -0.2) is 9.97 Å². The number of carbonyl (C=O) groups excluding carboxylic acids is 1. The molecule has 0 unspecified atom stereocenters. The average molecular weight is 325 g/mol. The Bertz CT molecular complexity index is 743. The number of fused-ring (bicyclic) bond motifs is 1. The van der Waals surface area contributed by atoms with Crippen LogP contribution in [0.5, 0.6) is 0 Å². The molecule has 0 saturated carbocycles. The third-order valence-corrected chi connectivity index (χ3v) is 4.20. The van der Waals surface area contributed by atoms with Crippen LogP contribution in [-0.2, 0) is 17.8 Å². The van der Waals surface area contributed by atoms with Crippen LogP contribution in [0.25, 0.3) is 11.4 Å². The number of aromatic nitrogens is 2. The zero-order chi connectivity index (χ0) is 17.3. The van der Waals surface area contributed by atoms with E-state index in [1.54, 1.807) is 11.8 Å². The van der Waals surface area contributed by atoms with E-state index in [0.717, 1.165) is 29.1 Å². The highest BCUT2D eigenvalue weighted by Crippen LogP contribution is 2.28. The van der Waals surface area contributed by atoms with Gasteiger partial charge in [0.1, 0.15) is 5.82 Å². The molecule has 1 amide bonds. The van der Waals surface area contributed by atoms with Crippen molar-refractivity contribution in [2.75, 3.05) is 25.5 Å². The van der Waals surface area contributed by atoms with Crippen molar-refractivity contribution in [3.8, 4) is 11.4 Å². The summed E-state index contributed by atoms with van der Waals surface area (Å²) in [5, 5.41) is 0. The van der Waals surface area contributed by atoms with E-state index in [-0.39, 0.29) is 5.91 Å². The molecule has 0 spiro atoms. The predicted octanol–water partition coefficient (Wildman–Crippen LogP) is 1.44. The Labute approximate surface area is 142 Å². The lowest BCUT2D eigenvalue weighted by atomic mass is 10.0. The van der Waals surface area contributed by atoms with Crippen molar-refractivity contribution in [2.45, 2.75) is 25.9 Å². The molecule has 2 N–H and O–H groups in total. The number of rotatable bonds is 3. The van der Waals surface area contributed by atoms with Crippen LogP contribution in [0.4, 0.5) is 5.82 Å². The van der Waals surface area contributed by atoms with Gasteiger partial charge in [-0.2, -0.15) is 0 Å². The minimum atomic E-state index is -0.490. The Hall–Kier alpha value is -2.47. The van der Waals surface area contributed by atoms with Crippen LogP contribution < -0.4 is 10.6 Å². The second kappa shape index (κ2) is 6.57. The van der Waals surface area contributed by atoms with Gasteiger partial charge in [0.2, 0.25) is 5.91 Å². The number of amides is 1. The smallest absolute Gasteiger partial charge is 0.239 e. The summed E-state index contributed by atoms with van der Waals surface area (Å²) < 4.78 is 0. The minimum absolute atomic E-state index is 0.0353. The van der Waals surface area contributed by atoms with Crippen molar-refractivity contribution in [3.63, 3.8) is 0 Å². The topological polar surface area (TPSA) is 75.4 Å². The number of nitrogens with zero attached hydrogens (tertiary/aromatic N) is 4.